The molecular weight excluding hydrogens is 303 g/mol. The molecule has 2 atom stereocenters. The molecule has 23 heavy (non-hydrogen) atoms. The van der Waals surface area contributed by atoms with E-state index in [-0.39, 0.29) is 17.7 Å². The summed E-state index contributed by atoms with van der Waals surface area (Å²) in [7, 11) is 0. The Morgan fingerprint density at radius 2 is 1.91 bits per heavy atom. The predicted octanol–water partition coefficient (Wildman–Crippen LogP) is 2.43. The maximum atomic E-state index is 14.0. The van der Waals surface area contributed by atoms with Gasteiger partial charge in [-0.1, -0.05) is 30.3 Å². The molecule has 6 nitrogen and oxygen atoms in total. The van der Waals surface area contributed by atoms with Gasteiger partial charge in [-0.3, -0.25) is 14.9 Å². The van der Waals surface area contributed by atoms with Gasteiger partial charge in [0.25, 0.3) is 5.69 Å². The van der Waals surface area contributed by atoms with Gasteiger partial charge in [0, 0.05) is 17.7 Å². The third kappa shape index (κ3) is 3.89. The van der Waals surface area contributed by atoms with Crippen molar-refractivity contribution in [2.75, 3.05) is 0 Å². The predicted molar refractivity (Wildman–Crippen MR) is 81.0 cm³/mol. The van der Waals surface area contributed by atoms with Gasteiger partial charge in [0.15, 0.2) is 0 Å². The maximum absolute atomic E-state index is 14.0. The van der Waals surface area contributed by atoms with Gasteiger partial charge in [-0.15, -0.1) is 0 Å². The zero-order valence-corrected chi connectivity index (χ0v) is 12.1. The number of aliphatic hydroxyl groups excluding tert-OH is 1. The lowest BCUT2D eigenvalue weighted by Crippen LogP contribution is -2.24. The summed E-state index contributed by atoms with van der Waals surface area (Å²) in [6.45, 7) is 0. The van der Waals surface area contributed by atoms with Gasteiger partial charge in [0.05, 0.1) is 16.9 Å². The van der Waals surface area contributed by atoms with Crippen LogP contribution in [0.3, 0.4) is 0 Å². The molecule has 0 fully saturated rings. The first-order chi connectivity index (χ1) is 10.9. The van der Waals surface area contributed by atoms with E-state index in [0.29, 0.717) is 5.56 Å². The van der Waals surface area contributed by atoms with Gasteiger partial charge in [0.1, 0.15) is 5.82 Å². The molecule has 2 aromatic rings. The minimum Gasteiger partial charge on any atom is -0.388 e. The fourth-order valence-electron chi connectivity index (χ4n) is 2.34. The quantitative estimate of drug-likeness (QED) is 0.630. The van der Waals surface area contributed by atoms with Crippen LogP contribution in [0.1, 0.15) is 29.6 Å². The second-order valence-electron chi connectivity index (χ2n) is 5.08. The van der Waals surface area contributed by atoms with Crippen molar-refractivity contribution >= 4 is 11.6 Å². The van der Waals surface area contributed by atoms with Crippen molar-refractivity contribution in [3.05, 3.63) is 75.6 Å². The number of rotatable bonds is 6. The largest absolute Gasteiger partial charge is 0.388 e. The number of amides is 1. The molecule has 120 valence electrons. The van der Waals surface area contributed by atoms with E-state index < -0.39 is 28.7 Å². The summed E-state index contributed by atoms with van der Waals surface area (Å²) in [6, 6.07) is 11.4. The summed E-state index contributed by atoms with van der Waals surface area (Å²) in [4.78, 5) is 21.8. The Labute approximate surface area is 131 Å². The normalized spacial score (nSPS) is 13.3. The van der Waals surface area contributed by atoms with Crippen LogP contribution < -0.4 is 5.73 Å². The lowest BCUT2D eigenvalue weighted by molar-refractivity contribution is -0.385. The highest BCUT2D eigenvalue weighted by molar-refractivity contribution is 5.82. The van der Waals surface area contributed by atoms with Crippen LogP contribution in [-0.4, -0.2) is 15.9 Å². The van der Waals surface area contributed by atoms with Crippen molar-refractivity contribution in [3.8, 4) is 0 Å². The summed E-state index contributed by atoms with van der Waals surface area (Å²) < 4.78 is 14.0. The Morgan fingerprint density at radius 3 is 2.48 bits per heavy atom. The number of nitro groups is 1. The molecule has 1 amide bonds. The lowest BCUT2D eigenvalue weighted by Gasteiger charge is -2.18. The van der Waals surface area contributed by atoms with Crippen molar-refractivity contribution in [1.29, 1.82) is 0 Å². The Morgan fingerprint density at radius 1 is 1.26 bits per heavy atom. The van der Waals surface area contributed by atoms with Crippen LogP contribution in [-0.2, 0) is 4.79 Å². The Kier molecular flexibility index (Phi) is 5.02. The number of carbonyl (C=O) groups excluding carboxylic acids is 1. The number of aliphatic hydroxyl groups is 1. The third-order valence-electron chi connectivity index (χ3n) is 3.55. The van der Waals surface area contributed by atoms with Crippen molar-refractivity contribution in [2.45, 2.75) is 18.4 Å². The molecule has 0 aliphatic carbocycles. The van der Waals surface area contributed by atoms with E-state index in [0.717, 1.165) is 18.2 Å². The standard InChI is InChI=1S/C16H15FN2O4/c17-14-7-6-11(19(22)23)8-12(14)13(16(18)21)9-15(20)10-4-2-1-3-5-10/h1-8,13,15,20H,9H2,(H2,18,21)/t13?,15-/m0/s1. The summed E-state index contributed by atoms with van der Waals surface area (Å²) in [5.41, 5.74) is 5.31. The smallest absolute Gasteiger partial charge is 0.269 e. The van der Waals surface area contributed by atoms with Gasteiger partial charge >= 0.3 is 0 Å². The summed E-state index contributed by atoms with van der Waals surface area (Å²) in [5, 5.41) is 21.0. The zero-order chi connectivity index (χ0) is 17.0. The number of hydrogen-bond donors (Lipinski definition) is 2. The zero-order valence-electron chi connectivity index (χ0n) is 12.1. The number of hydrogen-bond acceptors (Lipinski definition) is 4. The van der Waals surface area contributed by atoms with Crippen molar-refractivity contribution in [2.24, 2.45) is 5.73 Å². The molecule has 3 N–H and O–H groups in total. The molecule has 0 bridgehead atoms. The van der Waals surface area contributed by atoms with Gasteiger partial charge in [0.2, 0.25) is 5.91 Å². The van der Waals surface area contributed by atoms with E-state index in [2.05, 4.69) is 0 Å². The highest BCUT2D eigenvalue weighted by Gasteiger charge is 2.27. The fraction of sp³-hybridized carbons (Fsp3) is 0.188. The maximum Gasteiger partial charge on any atom is 0.269 e. The molecule has 0 heterocycles. The topological polar surface area (TPSA) is 106 Å². The van der Waals surface area contributed by atoms with E-state index in [4.69, 9.17) is 5.73 Å². The fourth-order valence-corrected chi connectivity index (χ4v) is 2.34. The molecule has 1 unspecified atom stereocenters. The summed E-state index contributed by atoms with van der Waals surface area (Å²) in [6.07, 6.45) is -1.22. The molecule has 0 radical (unpaired) electrons. The van der Waals surface area contributed by atoms with Crippen molar-refractivity contribution < 1.29 is 19.2 Å². The number of halogens is 1. The van der Waals surface area contributed by atoms with Gasteiger partial charge in [-0.05, 0) is 18.1 Å². The Hall–Kier alpha value is -2.80. The highest BCUT2D eigenvalue weighted by Crippen LogP contribution is 2.31. The van der Waals surface area contributed by atoms with Crippen LogP contribution in [0.25, 0.3) is 0 Å². The molecule has 0 aromatic heterocycles. The number of nitro benzene ring substituents is 1. The van der Waals surface area contributed by atoms with Gasteiger partial charge in [-0.2, -0.15) is 0 Å². The van der Waals surface area contributed by atoms with Crippen molar-refractivity contribution in [1.82, 2.24) is 0 Å². The molecule has 0 saturated heterocycles. The van der Waals surface area contributed by atoms with E-state index in [1.165, 1.54) is 0 Å². The first-order valence-corrected chi connectivity index (χ1v) is 6.86. The van der Waals surface area contributed by atoms with Crippen LogP contribution in [0.4, 0.5) is 10.1 Å². The Balaban J connectivity index is 2.34. The molecule has 2 rings (SSSR count). The van der Waals surface area contributed by atoms with Crippen LogP contribution in [0.15, 0.2) is 48.5 Å². The third-order valence-corrected chi connectivity index (χ3v) is 3.55. The van der Waals surface area contributed by atoms with E-state index in [1.807, 2.05) is 0 Å². The number of benzene rings is 2. The number of nitrogens with zero attached hydrogens (tertiary/aromatic N) is 1. The van der Waals surface area contributed by atoms with E-state index in [9.17, 15) is 24.4 Å². The second-order valence-corrected chi connectivity index (χ2v) is 5.08. The summed E-state index contributed by atoms with van der Waals surface area (Å²) >= 11 is 0. The molecular formula is C16H15FN2O4. The molecule has 7 heteroatoms. The van der Waals surface area contributed by atoms with Crippen LogP contribution >= 0.6 is 0 Å². The number of non-ortho nitro benzene ring substituents is 1. The SMILES string of the molecule is NC(=O)C(C[C@H](O)c1ccccc1)c1cc([N+](=O)[O-])ccc1F. The minimum absolute atomic E-state index is 0.169. The first kappa shape index (κ1) is 16.6. The van der Waals surface area contributed by atoms with E-state index >= 15 is 0 Å². The van der Waals surface area contributed by atoms with Crippen LogP contribution in [0.2, 0.25) is 0 Å². The molecule has 0 saturated carbocycles. The number of carbonyl (C=O) groups is 1. The molecule has 2 aromatic carbocycles. The first-order valence-electron chi connectivity index (χ1n) is 6.86. The van der Waals surface area contributed by atoms with Crippen LogP contribution in [0.5, 0.6) is 0 Å². The monoisotopic (exact) mass is 318 g/mol. The average Bonchev–Trinajstić information content (AvgIpc) is 2.53. The average molecular weight is 318 g/mol. The molecule has 0 spiro atoms. The van der Waals surface area contributed by atoms with Gasteiger partial charge in [-0.25, -0.2) is 4.39 Å². The van der Waals surface area contributed by atoms with Gasteiger partial charge < -0.3 is 10.8 Å². The minimum atomic E-state index is -1.18. The second kappa shape index (κ2) is 6.97. The Bertz CT molecular complexity index is 721. The molecule has 0 aliphatic heterocycles. The number of primary amides is 1. The van der Waals surface area contributed by atoms with Crippen LogP contribution in [0, 0.1) is 15.9 Å². The molecule has 0 aliphatic rings. The highest BCUT2D eigenvalue weighted by atomic mass is 19.1. The number of nitrogens with two attached hydrogens (primary N) is 1. The van der Waals surface area contributed by atoms with E-state index in [1.54, 1.807) is 30.3 Å². The lowest BCUT2D eigenvalue weighted by atomic mass is 9.89. The summed E-state index contributed by atoms with van der Waals surface area (Å²) in [5.74, 6) is -2.82. The van der Waals surface area contributed by atoms with Crippen molar-refractivity contribution in [3.63, 3.8) is 0 Å².